The maximum Gasteiger partial charge on any atom is 0.259 e. The molecule has 0 aliphatic rings. The summed E-state index contributed by atoms with van der Waals surface area (Å²) >= 11 is 3.92. The molecular weight excluding hydrogens is 330 g/mol. The van der Waals surface area contributed by atoms with Crippen LogP contribution in [-0.2, 0) is 0 Å². The second-order valence-electron chi connectivity index (χ2n) is 6.16. The minimum Gasteiger partial charge on any atom is -0.508 e. The van der Waals surface area contributed by atoms with Crippen LogP contribution in [0.1, 0.15) is 33.2 Å². The van der Waals surface area contributed by atoms with Crippen molar-refractivity contribution >= 4 is 23.5 Å². The molecule has 1 aromatic heterocycles. The number of phenols is 1. The van der Waals surface area contributed by atoms with E-state index in [1.54, 1.807) is 24.3 Å². The molecule has 0 radical (unpaired) electrons. The predicted octanol–water partition coefficient (Wildman–Crippen LogP) is 5.28. The third-order valence-corrected chi connectivity index (χ3v) is 4.31. The van der Waals surface area contributed by atoms with Gasteiger partial charge in [0.05, 0.1) is 5.52 Å². The van der Waals surface area contributed by atoms with E-state index in [0.717, 1.165) is 22.2 Å². The summed E-state index contributed by atoms with van der Waals surface area (Å²) in [7, 11) is 0. The van der Waals surface area contributed by atoms with Crippen LogP contribution in [0.2, 0.25) is 0 Å². The molecule has 0 unspecified atom stereocenters. The topological polar surface area (TPSA) is 42.2 Å². The van der Waals surface area contributed by atoms with Crippen LogP contribution in [0.3, 0.4) is 0 Å². The Morgan fingerprint density at radius 1 is 1.08 bits per heavy atom. The molecule has 0 amide bonds. The molecule has 25 heavy (non-hydrogen) atoms. The summed E-state index contributed by atoms with van der Waals surface area (Å²) in [5, 5.41) is 10.4. The Morgan fingerprint density at radius 2 is 1.68 bits per heavy atom. The third kappa shape index (κ3) is 4.45. The van der Waals surface area contributed by atoms with Gasteiger partial charge in [-0.2, -0.15) is 12.6 Å². The van der Waals surface area contributed by atoms with Crippen LogP contribution in [0.15, 0.2) is 59.4 Å². The minimum atomic E-state index is -0.00519. The highest BCUT2D eigenvalue weighted by Crippen LogP contribution is 2.24. The summed E-state index contributed by atoms with van der Waals surface area (Å²) in [4.78, 5) is 12.8. The fraction of sp³-hybridized carbons (Fsp3) is 0.286. The van der Waals surface area contributed by atoms with E-state index < -0.39 is 0 Å². The normalized spacial score (nSPS) is 10.6. The van der Waals surface area contributed by atoms with Gasteiger partial charge < -0.3 is 9.67 Å². The molecule has 0 aliphatic heterocycles. The molecule has 3 nitrogen and oxygen atoms in total. The van der Waals surface area contributed by atoms with Gasteiger partial charge in [0, 0.05) is 11.6 Å². The molecule has 0 fully saturated rings. The van der Waals surface area contributed by atoms with Crippen molar-refractivity contribution in [2.24, 2.45) is 0 Å². The highest BCUT2D eigenvalue weighted by Gasteiger charge is 2.12. The fourth-order valence-corrected chi connectivity index (χ4v) is 2.65. The van der Waals surface area contributed by atoms with Gasteiger partial charge in [0.15, 0.2) is 0 Å². The van der Waals surface area contributed by atoms with Gasteiger partial charge in [-0.3, -0.25) is 4.79 Å². The summed E-state index contributed by atoms with van der Waals surface area (Å²) in [5.41, 5.74) is 2.41. The lowest BCUT2D eigenvalue weighted by Crippen LogP contribution is -2.23. The number of thiol groups is 1. The van der Waals surface area contributed by atoms with Crippen molar-refractivity contribution in [3.63, 3.8) is 0 Å². The number of nitrogens with zero attached hydrogens (tertiary/aromatic N) is 1. The van der Waals surface area contributed by atoms with E-state index in [4.69, 9.17) is 0 Å². The average molecular weight is 356 g/mol. The van der Waals surface area contributed by atoms with Gasteiger partial charge in [-0.25, -0.2) is 0 Å². The number of fused-ring (bicyclic) bond motifs is 1. The van der Waals surface area contributed by atoms with Crippen LogP contribution < -0.4 is 5.56 Å². The summed E-state index contributed by atoms with van der Waals surface area (Å²) < 4.78 is 1.82. The van der Waals surface area contributed by atoms with Crippen LogP contribution in [0.5, 0.6) is 5.75 Å². The maximum atomic E-state index is 12.8. The molecule has 4 heteroatoms. The number of aromatic nitrogens is 1. The molecule has 0 saturated heterocycles. The van der Waals surface area contributed by atoms with Crippen LogP contribution in [0, 0.1) is 0 Å². The van der Waals surface area contributed by atoms with E-state index in [9.17, 15) is 9.90 Å². The van der Waals surface area contributed by atoms with E-state index in [-0.39, 0.29) is 17.4 Å². The number of rotatable bonds is 3. The Labute approximate surface area is 154 Å². The van der Waals surface area contributed by atoms with Gasteiger partial charge in [-0.15, -0.1) is 0 Å². The molecule has 3 aromatic rings. The molecule has 0 spiro atoms. The van der Waals surface area contributed by atoms with Gasteiger partial charge in [0.2, 0.25) is 0 Å². The lowest BCUT2D eigenvalue weighted by Gasteiger charge is -2.16. The smallest absolute Gasteiger partial charge is 0.259 e. The summed E-state index contributed by atoms with van der Waals surface area (Å²) in [6.45, 7) is 6.12. The minimum absolute atomic E-state index is 0.00519. The average Bonchev–Trinajstić information content (AvgIpc) is 2.62. The Hall–Kier alpha value is -2.20. The molecule has 3 rings (SSSR count). The SMILES string of the molecule is CC(C)n1c(=O)c(-c2ccc(O)cc2)cc2ccccc21.CCCS. The predicted molar refractivity (Wildman–Crippen MR) is 110 cm³/mol. The Kier molecular flexibility index (Phi) is 6.71. The summed E-state index contributed by atoms with van der Waals surface area (Å²) in [6, 6.07) is 16.6. The van der Waals surface area contributed by atoms with E-state index in [1.165, 1.54) is 6.42 Å². The quantitative estimate of drug-likeness (QED) is 0.628. The van der Waals surface area contributed by atoms with E-state index in [0.29, 0.717) is 5.56 Å². The highest BCUT2D eigenvalue weighted by molar-refractivity contribution is 7.80. The van der Waals surface area contributed by atoms with Crippen LogP contribution in [-0.4, -0.2) is 15.4 Å². The van der Waals surface area contributed by atoms with Crippen molar-refractivity contribution in [2.45, 2.75) is 33.2 Å². The molecule has 2 aromatic carbocycles. The molecule has 132 valence electrons. The summed E-state index contributed by atoms with van der Waals surface area (Å²) in [5.74, 6) is 1.21. The third-order valence-electron chi connectivity index (χ3n) is 3.86. The Morgan fingerprint density at radius 3 is 2.24 bits per heavy atom. The number of phenolic OH excluding ortho intramolecular Hbond substituents is 1. The second-order valence-corrected chi connectivity index (χ2v) is 6.60. The molecular formula is C21H25NO2S. The van der Waals surface area contributed by atoms with Gasteiger partial charge >= 0.3 is 0 Å². The largest absolute Gasteiger partial charge is 0.508 e. The fourth-order valence-electron chi connectivity index (χ4n) is 2.65. The second kappa shape index (κ2) is 8.77. The van der Waals surface area contributed by atoms with Crippen molar-refractivity contribution < 1.29 is 5.11 Å². The van der Waals surface area contributed by atoms with Crippen molar-refractivity contribution in [1.29, 1.82) is 0 Å². The standard InChI is InChI=1S/C18H17NO2.C3H8S/c1-12(2)19-17-6-4-3-5-14(17)11-16(18(19)21)13-7-9-15(20)10-8-13;1-2-3-4/h3-12,20H,1-2H3;4H,2-3H2,1H3. The Balaban J connectivity index is 0.000000511. The van der Waals surface area contributed by atoms with Gasteiger partial charge in [0.1, 0.15) is 5.75 Å². The Bertz CT molecular complexity index is 881. The van der Waals surface area contributed by atoms with Crippen molar-refractivity contribution in [3.8, 4) is 16.9 Å². The van der Waals surface area contributed by atoms with Crippen molar-refractivity contribution in [1.82, 2.24) is 4.57 Å². The molecule has 1 heterocycles. The number of hydrogen-bond acceptors (Lipinski definition) is 3. The molecule has 0 atom stereocenters. The van der Waals surface area contributed by atoms with Crippen molar-refractivity contribution in [3.05, 3.63) is 65.0 Å². The zero-order valence-electron chi connectivity index (χ0n) is 14.9. The lowest BCUT2D eigenvalue weighted by molar-refractivity contribution is 0.475. The number of hydrogen-bond donors (Lipinski definition) is 2. The molecule has 0 bridgehead atoms. The zero-order valence-corrected chi connectivity index (χ0v) is 15.8. The first-order valence-electron chi connectivity index (χ1n) is 8.54. The first-order chi connectivity index (χ1) is 12.0. The van der Waals surface area contributed by atoms with Crippen molar-refractivity contribution in [2.75, 3.05) is 5.75 Å². The number of pyridine rings is 1. The van der Waals surface area contributed by atoms with Gasteiger partial charge in [-0.1, -0.05) is 37.3 Å². The first-order valence-corrected chi connectivity index (χ1v) is 9.17. The van der Waals surface area contributed by atoms with E-state index in [1.807, 2.05) is 48.7 Å². The molecule has 1 N–H and O–H groups in total. The van der Waals surface area contributed by atoms with E-state index >= 15 is 0 Å². The maximum absolute atomic E-state index is 12.8. The monoisotopic (exact) mass is 355 g/mol. The van der Waals surface area contributed by atoms with Crippen LogP contribution in [0.25, 0.3) is 22.0 Å². The zero-order chi connectivity index (χ0) is 18.4. The number of benzene rings is 2. The molecule has 0 saturated carbocycles. The van der Waals surface area contributed by atoms with Crippen LogP contribution >= 0.6 is 12.6 Å². The highest BCUT2D eigenvalue weighted by atomic mass is 32.1. The lowest BCUT2D eigenvalue weighted by atomic mass is 10.0. The summed E-state index contributed by atoms with van der Waals surface area (Å²) in [6.07, 6.45) is 1.18. The number of aromatic hydroxyl groups is 1. The first kappa shape index (κ1) is 19.1. The van der Waals surface area contributed by atoms with Gasteiger partial charge in [0.25, 0.3) is 5.56 Å². The van der Waals surface area contributed by atoms with E-state index in [2.05, 4.69) is 19.6 Å². The molecule has 0 aliphatic carbocycles. The number of para-hydroxylation sites is 1. The van der Waals surface area contributed by atoms with Gasteiger partial charge in [-0.05, 0) is 61.2 Å². The van der Waals surface area contributed by atoms with Crippen LogP contribution in [0.4, 0.5) is 0 Å².